The van der Waals surface area contributed by atoms with Crippen molar-refractivity contribution < 1.29 is 4.79 Å². The molecule has 2 heterocycles. The van der Waals surface area contributed by atoms with Crippen molar-refractivity contribution in [3.8, 4) is 0 Å². The highest BCUT2D eigenvalue weighted by molar-refractivity contribution is 7.98. The lowest BCUT2D eigenvalue weighted by atomic mass is 9.96. The quantitative estimate of drug-likeness (QED) is 0.779. The van der Waals surface area contributed by atoms with Gasteiger partial charge >= 0.3 is 0 Å². The second-order valence-electron chi connectivity index (χ2n) is 6.28. The van der Waals surface area contributed by atoms with E-state index in [0.717, 1.165) is 43.9 Å². The summed E-state index contributed by atoms with van der Waals surface area (Å²) in [5.74, 6) is 1.71. The van der Waals surface area contributed by atoms with E-state index in [1.807, 2.05) is 17.3 Å². The molecule has 0 bridgehead atoms. The number of aromatic nitrogens is 2. The van der Waals surface area contributed by atoms with Gasteiger partial charge in [0, 0.05) is 42.8 Å². The fourth-order valence-corrected chi connectivity index (χ4v) is 3.80. The fourth-order valence-electron chi connectivity index (χ4n) is 3.39. The highest BCUT2D eigenvalue weighted by Gasteiger charge is 2.27. The third kappa shape index (κ3) is 3.83. The van der Waals surface area contributed by atoms with Gasteiger partial charge in [-0.3, -0.25) is 4.79 Å². The molecule has 1 fully saturated rings. The third-order valence-corrected chi connectivity index (χ3v) is 5.49. The predicted molar refractivity (Wildman–Crippen MR) is 98.4 cm³/mol. The Kier molecular flexibility index (Phi) is 5.61. The number of hydrogen-bond acceptors (Lipinski definition) is 3. The lowest BCUT2D eigenvalue weighted by Crippen LogP contribution is -2.40. The first-order chi connectivity index (χ1) is 11.7. The van der Waals surface area contributed by atoms with Crippen LogP contribution in [-0.2, 0) is 17.8 Å². The first kappa shape index (κ1) is 17.1. The largest absolute Gasteiger partial charge is 0.342 e. The van der Waals surface area contributed by atoms with E-state index >= 15 is 0 Å². The molecule has 5 heteroatoms. The first-order valence-electron chi connectivity index (χ1n) is 8.63. The number of rotatable bonds is 5. The highest BCUT2D eigenvalue weighted by atomic mass is 32.2. The van der Waals surface area contributed by atoms with Crippen molar-refractivity contribution in [1.29, 1.82) is 0 Å². The zero-order valence-electron chi connectivity index (χ0n) is 14.4. The summed E-state index contributed by atoms with van der Waals surface area (Å²) in [5.41, 5.74) is 1.09. The monoisotopic (exact) mass is 343 g/mol. The number of aryl methyl sites for hydroxylation is 1. The summed E-state index contributed by atoms with van der Waals surface area (Å²) in [7, 11) is 0. The van der Waals surface area contributed by atoms with Crippen molar-refractivity contribution in [2.75, 3.05) is 19.3 Å². The van der Waals surface area contributed by atoms with Crippen LogP contribution >= 0.6 is 11.8 Å². The van der Waals surface area contributed by atoms with Gasteiger partial charge in [-0.05, 0) is 43.7 Å². The molecule has 1 unspecified atom stereocenters. The summed E-state index contributed by atoms with van der Waals surface area (Å²) in [6.07, 6.45) is 8.62. The standard InChI is InChI=1S/C19H25N3OS/c1-3-21-12-10-20-19(21)16-5-4-11-22(14-16)18(23)13-15-6-8-17(24-2)9-7-15/h6-10,12,16H,3-5,11,13-14H2,1-2H3. The van der Waals surface area contributed by atoms with Crippen LogP contribution in [0.15, 0.2) is 41.6 Å². The number of likely N-dealkylation sites (tertiary alicyclic amines) is 1. The molecular formula is C19H25N3OS. The van der Waals surface area contributed by atoms with Crippen LogP contribution in [0, 0.1) is 0 Å². The first-order valence-corrected chi connectivity index (χ1v) is 9.85. The molecule has 0 saturated carbocycles. The summed E-state index contributed by atoms with van der Waals surface area (Å²) in [6, 6.07) is 8.30. The number of carbonyl (C=O) groups excluding carboxylic acids is 1. The smallest absolute Gasteiger partial charge is 0.227 e. The van der Waals surface area contributed by atoms with Crippen LogP contribution in [0.1, 0.15) is 37.1 Å². The maximum absolute atomic E-state index is 12.7. The molecule has 1 aliphatic rings. The molecule has 0 aliphatic carbocycles. The van der Waals surface area contributed by atoms with Crippen LogP contribution in [-0.4, -0.2) is 39.7 Å². The van der Waals surface area contributed by atoms with Crippen molar-refractivity contribution >= 4 is 17.7 Å². The number of thioether (sulfide) groups is 1. The lowest BCUT2D eigenvalue weighted by molar-refractivity contribution is -0.131. The summed E-state index contributed by atoms with van der Waals surface area (Å²) >= 11 is 1.72. The normalized spacial score (nSPS) is 17.9. The fraction of sp³-hybridized carbons (Fsp3) is 0.474. The van der Waals surface area contributed by atoms with Crippen LogP contribution in [0.4, 0.5) is 0 Å². The molecule has 24 heavy (non-hydrogen) atoms. The van der Waals surface area contributed by atoms with E-state index in [-0.39, 0.29) is 5.91 Å². The minimum atomic E-state index is 0.228. The van der Waals surface area contributed by atoms with Crippen LogP contribution in [0.5, 0.6) is 0 Å². The molecular weight excluding hydrogens is 318 g/mol. The van der Waals surface area contributed by atoms with Gasteiger partial charge in [-0.15, -0.1) is 11.8 Å². The number of imidazole rings is 1. The van der Waals surface area contributed by atoms with E-state index in [4.69, 9.17) is 0 Å². The van der Waals surface area contributed by atoms with Crippen molar-refractivity contribution in [3.63, 3.8) is 0 Å². The molecule has 2 aromatic rings. The van der Waals surface area contributed by atoms with Crippen LogP contribution in [0.25, 0.3) is 0 Å². The molecule has 0 spiro atoms. The van der Waals surface area contributed by atoms with Crippen molar-refractivity contribution in [1.82, 2.24) is 14.5 Å². The van der Waals surface area contributed by atoms with E-state index in [1.165, 1.54) is 4.90 Å². The third-order valence-electron chi connectivity index (χ3n) is 4.74. The molecule has 4 nitrogen and oxygen atoms in total. The zero-order chi connectivity index (χ0) is 16.9. The summed E-state index contributed by atoms with van der Waals surface area (Å²) in [6.45, 7) is 4.72. The Morgan fingerprint density at radius 3 is 2.83 bits per heavy atom. The van der Waals surface area contributed by atoms with Crippen molar-refractivity contribution in [2.45, 2.75) is 43.5 Å². The molecule has 1 aliphatic heterocycles. The summed E-state index contributed by atoms with van der Waals surface area (Å²) < 4.78 is 2.19. The van der Waals surface area contributed by atoms with Gasteiger partial charge in [-0.2, -0.15) is 0 Å². The average Bonchev–Trinajstić information content (AvgIpc) is 3.11. The maximum atomic E-state index is 12.7. The van der Waals surface area contributed by atoms with Gasteiger partial charge in [-0.1, -0.05) is 12.1 Å². The topological polar surface area (TPSA) is 38.1 Å². The van der Waals surface area contributed by atoms with Gasteiger partial charge in [-0.25, -0.2) is 4.98 Å². The Balaban J connectivity index is 1.64. The summed E-state index contributed by atoms with van der Waals surface area (Å²) in [4.78, 5) is 20.5. The lowest BCUT2D eigenvalue weighted by Gasteiger charge is -2.32. The van der Waals surface area contributed by atoms with Crippen LogP contribution < -0.4 is 0 Å². The van der Waals surface area contributed by atoms with Gasteiger partial charge in [0.05, 0.1) is 6.42 Å². The second-order valence-corrected chi connectivity index (χ2v) is 7.15. The Hall–Kier alpha value is -1.75. The van der Waals surface area contributed by atoms with Gasteiger partial charge in [0.25, 0.3) is 0 Å². The van der Waals surface area contributed by atoms with Gasteiger partial charge in [0.1, 0.15) is 5.82 Å². The van der Waals surface area contributed by atoms with Gasteiger partial charge < -0.3 is 9.47 Å². The Morgan fingerprint density at radius 2 is 2.12 bits per heavy atom. The highest BCUT2D eigenvalue weighted by Crippen LogP contribution is 2.26. The van der Waals surface area contributed by atoms with Crippen molar-refractivity contribution in [3.05, 3.63) is 48.0 Å². The van der Waals surface area contributed by atoms with E-state index in [1.54, 1.807) is 11.8 Å². The maximum Gasteiger partial charge on any atom is 0.227 e. The number of amides is 1. The Morgan fingerprint density at radius 1 is 1.33 bits per heavy atom. The Labute approximate surface area is 148 Å². The van der Waals surface area contributed by atoms with Gasteiger partial charge in [0.15, 0.2) is 0 Å². The number of piperidine rings is 1. The van der Waals surface area contributed by atoms with E-state index < -0.39 is 0 Å². The summed E-state index contributed by atoms with van der Waals surface area (Å²) in [5, 5.41) is 0. The van der Waals surface area contributed by atoms with Gasteiger partial charge in [0.2, 0.25) is 5.91 Å². The van der Waals surface area contributed by atoms with E-state index in [9.17, 15) is 4.79 Å². The predicted octanol–water partition coefficient (Wildman–Crippen LogP) is 3.57. The molecule has 1 aromatic carbocycles. The molecule has 128 valence electrons. The Bertz CT molecular complexity index is 680. The molecule has 0 N–H and O–H groups in total. The van der Waals surface area contributed by atoms with Crippen LogP contribution in [0.3, 0.4) is 0 Å². The number of hydrogen-bond donors (Lipinski definition) is 0. The molecule has 1 atom stereocenters. The molecule has 0 radical (unpaired) electrons. The van der Waals surface area contributed by atoms with Crippen molar-refractivity contribution in [2.24, 2.45) is 0 Å². The van der Waals surface area contributed by atoms with E-state index in [0.29, 0.717) is 12.3 Å². The number of nitrogens with zero attached hydrogens (tertiary/aromatic N) is 3. The zero-order valence-corrected chi connectivity index (χ0v) is 15.3. The molecule has 1 saturated heterocycles. The van der Waals surface area contributed by atoms with Crippen LogP contribution in [0.2, 0.25) is 0 Å². The number of benzene rings is 1. The SMILES string of the molecule is CCn1ccnc1C1CCCN(C(=O)Cc2ccc(SC)cc2)C1. The average molecular weight is 343 g/mol. The van der Waals surface area contributed by atoms with E-state index in [2.05, 4.69) is 47.0 Å². The minimum Gasteiger partial charge on any atom is -0.342 e. The molecule has 1 aromatic heterocycles. The second kappa shape index (κ2) is 7.88. The molecule has 1 amide bonds. The molecule has 3 rings (SSSR count). The number of carbonyl (C=O) groups is 1. The minimum absolute atomic E-state index is 0.228.